The second kappa shape index (κ2) is 8.30. The molecule has 2 rings (SSSR count). The van der Waals surface area contributed by atoms with Gasteiger partial charge in [-0.05, 0) is 42.4 Å². The largest absolute Gasteiger partial charge is 0.345 e. The van der Waals surface area contributed by atoms with Gasteiger partial charge < -0.3 is 5.32 Å². The fourth-order valence-corrected chi connectivity index (χ4v) is 3.46. The van der Waals surface area contributed by atoms with E-state index in [-0.39, 0.29) is 11.9 Å². The first-order valence-electron chi connectivity index (χ1n) is 8.57. The second-order valence-corrected chi connectivity index (χ2v) is 7.06. The van der Waals surface area contributed by atoms with Gasteiger partial charge in [0.15, 0.2) is 0 Å². The van der Waals surface area contributed by atoms with Gasteiger partial charge in [0.1, 0.15) is 0 Å². The van der Waals surface area contributed by atoms with Crippen molar-refractivity contribution in [2.45, 2.75) is 58.9 Å². The highest BCUT2D eigenvalue weighted by molar-refractivity contribution is 7.10. The Morgan fingerprint density at radius 3 is 2.26 bits per heavy atom. The molecule has 0 aliphatic heterocycles. The van der Waals surface area contributed by atoms with E-state index in [9.17, 15) is 4.79 Å². The van der Waals surface area contributed by atoms with Gasteiger partial charge in [-0.3, -0.25) is 4.79 Å². The number of rotatable bonds is 7. The molecule has 0 spiro atoms. The van der Waals surface area contributed by atoms with Gasteiger partial charge in [-0.25, -0.2) is 0 Å². The molecule has 23 heavy (non-hydrogen) atoms. The number of aryl methyl sites for hydroxylation is 1. The van der Waals surface area contributed by atoms with Crippen LogP contribution in [0.4, 0.5) is 0 Å². The van der Waals surface area contributed by atoms with Crippen molar-refractivity contribution >= 4 is 17.2 Å². The smallest absolute Gasteiger partial charge is 0.252 e. The fourth-order valence-electron chi connectivity index (χ4n) is 2.64. The van der Waals surface area contributed by atoms with Gasteiger partial charge in [-0.15, -0.1) is 11.3 Å². The monoisotopic (exact) mass is 329 g/mol. The Labute approximate surface area is 143 Å². The standard InChI is InChI=1S/C20H27NOS/c1-5-14(4)15-8-10-16(11-9-15)19(7-3)21-20(22)17-12-18(6-2)23-13-17/h8-14,19H,5-7H2,1-4H3,(H,21,22)/t14-,19+/m1/s1. The third-order valence-electron chi connectivity index (χ3n) is 4.50. The van der Waals surface area contributed by atoms with Gasteiger partial charge >= 0.3 is 0 Å². The summed E-state index contributed by atoms with van der Waals surface area (Å²) in [6.07, 6.45) is 3.01. The molecular formula is C20H27NOS. The highest BCUT2D eigenvalue weighted by atomic mass is 32.1. The van der Waals surface area contributed by atoms with E-state index in [1.54, 1.807) is 11.3 Å². The van der Waals surface area contributed by atoms with E-state index in [2.05, 4.69) is 57.3 Å². The van der Waals surface area contributed by atoms with Crippen molar-refractivity contribution in [3.63, 3.8) is 0 Å². The van der Waals surface area contributed by atoms with Gasteiger partial charge in [-0.2, -0.15) is 0 Å². The Balaban J connectivity index is 2.08. The van der Waals surface area contributed by atoms with E-state index in [4.69, 9.17) is 0 Å². The van der Waals surface area contributed by atoms with E-state index < -0.39 is 0 Å². The van der Waals surface area contributed by atoms with Gasteiger partial charge in [-0.1, -0.05) is 52.0 Å². The van der Waals surface area contributed by atoms with Crippen molar-refractivity contribution in [1.29, 1.82) is 0 Å². The minimum atomic E-state index is 0.0267. The molecule has 0 saturated heterocycles. The number of carbonyl (C=O) groups excluding carboxylic acids is 1. The van der Waals surface area contributed by atoms with E-state index in [1.165, 1.54) is 16.0 Å². The lowest BCUT2D eigenvalue weighted by Crippen LogP contribution is -2.27. The maximum atomic E-state index is 12.4. The topological polar surface area (TPSA) is 29.1 Å². The summed E-state index contributed by atoms with van der Waals surface area (Å²) >= 11 is 1.66. The van der Waals surface area contributed by atoms with E-state index in [1.807, 2.05) is 11.4 Å². The summed E-state index contributed by atoms with van der Waals surface area (Å²) < 4.78 is 0. The summed E-state index contributed by atoms with van der Waals surface area (Å²) in [5.74, 6) is 0.607. The van der Waals surface area contributed by atoms with E-state index in [0.717, 1.165) is 24.8 Å². The van der Waals surface area contributed by atoms with Crippen LogP contribution in [0.2, 0.25) is 0 Å². The molecule has 1 N–H and O–H groups in total. The van der Waals surface area contributed by atoms with Crippen LogP contribution in [0.5, 0.6) is 0 Å². The summed E-state index contributed by atoms with van der Waals surface area (Å²) in [6.45, 7) is 8.68. The zero-order valence-corrected chi connectivity index (χ0v) is 15.4. The quantitative estimate of drug-likeness (QED) is 0.693. The second-order valence-electron chi connectivity index (χ2n) is 6.07. The van der Waals surface area contributed by atoms with E-state index >= 15 is 0 Å². The van der Waals surface area contributed by atoms with Crippen molar-refractivity contribution in [1.82, 2.24) is 5.32 Å². The van der Waals surface area contributed by atoms with Gasteiger partial charge in [0.25, 0.3) is 5.91 Å². The molecule has 2 atom stereocenters. The highest BCUT2D eigenvalue weighted by Crippen LogP contribution is 2.23. The van der Waals surface area contributed by atoms with Crippen LogP contribution in [0.3, 0.4) is 0 Å². The normalized spacial score (nSPS) is 13.6. The fraction of sp³-hybridized carbons (Fsp3) is 0.450. The third kappa shape index (κ3) is 4.44. The Morgan fingerprint density at radius 2 is 1.74 bits per heavy atom. The van der Waals surface area contributed by atoms with Crippen molar-refractivity contribution < 1.29 is 4.79 Å². The number of benzene rings is 1. The number of hydrogen-bond acceptors (Lipinski definition) is 2. The summed E-state index contributed by atoms with van der Waals surface area (Å²) in [4.78, 5) is 13.7. The summed E-state index contributed by atoms with van der Waals surface area (Å²) in [5, 5.41) is 5.12. The third-order valence-corrected chi connectivity index (χ3v) is 5.58. The summed E-state index contributed by atoms with van der Waals surface area (Å²) in [7, 11) is 0. The van der Waals surface area contributed by atoms with Crippen LogP contribution < -0.4 is 5.32 Å². The maximum Gasteiger partial charge on any atom is 0.252 e. The Morgan fingerprint density at radius 1 is 1.09 bits per heavy atom. The predicted molar refractivity (Wildman–Crippen MR) is 99.3 cm³/mol. The first-order valence-corrected chi connectivity index (χ1v) is 9.45. The molecule has 1 amide bonds. The molecule has 0 radical (unpaired) electrons. The molecule has 2 nitrogen and oxygen atoms in total. The first-order chi connectivity index (χ1) is 11.1. The van der Waals surface area contributed by atoms with Crippen molar-refractivity contribution in [2.75, 3.05) is 0 Å². The average Bonchev–Trinajstić information content (AvgIpc) is 3.08. The van der Waals surface area contributed by atoms with Gasteiger partial charge in [0, 0.05) is 10.3 Å². The van der Waals surface area contributed by atoms with Gasteiger partial charge in [0.2, 0.25) is 0 Å². The van der Waals surface area contributed by atoms with Crippen LogP contribution in [-0.4, -0.2) is 5.91 Å². The molecule has 0 saturated carbocycles. The molecule has 0 aliphatic rings. The Bertz CT molecular complexity index is 629. The highest BCUT2D eigenvalue weighted by Gasteiger charge is 2.15. The van der Waals surface area contributed by atoms with Crippen LogP contribution in [-0.2, 0) is 6.42 Å². The summed E-state index contributed by atoms with van der Waals surface area (Å²) in [5.41, 5.74) is 3.32. The molecule has 1 aromatic heterocycles. The zero-order valence-electron chi connectivity index (χ0n) is 14.6. The molecular weight excluding hydrogens is 302 g/mol. The predicted octanol–water partition coefficient (Wildman–Crippen LogP) is 5.71. The van der Waals surface area contributed by atoms with Crippen molar-refractivity contribution in [2.24, 2.45) is 0 Å². The van der Waals surface area contributed by atoms with Crippen LogP contribution >= 0.6 is 11.3 Å². The minimum absolute atomic E-state index is 0.0267. The molecule has 0 unspecified atom stereocenters. The molecule has 3 heteroatoms. The lowest BCUT2D eigenvalue weighted by molar-refractivity contribution is 0.0936. The Hall–Kier alpha value is -1.61. The van der Waals surface area contributed by atoms with E-state index in [0.29, 0.717) is 5.92 Å². The number of hydrogen-bond donors (Lipinski definition) is 1. The maximum absolute atomic E-state index is 12.4. The number of carbonyl (C=O) groups is 1. The Kier molecular flexibility index (Phi) is 6.40. The number of nitrogens with one attached hydrogen (secondary N) is 1. The minimum Gasteiger partial charge on any atom is -0.345 e. The first kappa shape index (κ1) is 17.7. The van der Waals surface area contributed by atoms with Crippen LogP contribution in [0.15, 0.2) is 35.7 Å². The lowest BCUT2D eigenvalue weighted by atomic mass is 9.95. The molecule has 0 bridgehead atoms. The van der Waals surface area contributed by atoms with Crippen LogP contribution in [0.1, 0.15) is 78.9 Å². The lowest BCUT2D eigenvalue weighted by Gasteiger charge is -2.18. The van der Waals surface area contributed by atoms with Gasteiger partial charge in [0.05, 0.1) is 11.6 Å². The zero-order chi connectivity index (χ0) is 16.8. The molecule has 1 heterocycles. The molecule has 0 fully saturated rings. The number of thiophene rings is 1. The summed E-state index contributed by atoms with van der Waals surface area (Å²) in [6, 6.07) is 10.8. The molecule has 0 aliphatic carbocycles. The molecule has 2 aromatic rings. The molecule has 1 aromatic carbocycles. The number of amides is 1. The molecule has 124 valence electrons. The van der Waals surface area contributed by atoms with Crippen LogP contribution in [0, 0.1) is 0 Å². The SMILES string of the molecule is CCc1cc(C(=O)N[C@@H](CC)c2ccc([C@H](C)CC)cc2)cs1. The van der Waals surface area contributed by atoms with Crippen LogP contribution in [0.25, 0.3) is 0 Å². The van der Waals surface area contributed by atoms with Crippen molar-refractivity contribution in [3.8, 4) is 0 Å². The van der Waals surface area contributed by atoms with Crippen molar-refractivity contribution in [3.05, 3.63) is 57.3 Å². The average molecular weight is 330 g/mol.